The van der Waals surface area contributed by atoms with Gasteiger partial charge in [-0.25, -0.2) is 0 Å². The first-order valence-electron chi connectivity index (χ1n) is 6.46. The minimum Gasteiger partial charge on any atom is -0.494 e. The smallest absolute Gasteiger partial charge is 0.119 e. The van der Waals surface area contributed by atoms with E-state index < -0.39 is 0 Å². The first kappa shape index (κ1) is 15.3. The highest BCUT2D eigenvalue weighted by molar-refractivity contribution is 5.85. The molecule has 1 saturated heterocycles. The van der Waals surface area contributed by atoms with Crippen molar-refractivity contribution in [3.05, 3.63) is 29.8 Å². The summed E-state index contributed by atoms with van der Waals surface area (Å²) in [5.74, 6) is 0.963. The van der Waals surface area contributed by atoms with Gasteiger partial charge in [-0.1, -0.05) is 12.1 Å². The number of hydrogen-bond donors (Lipinski definition) is 1. The summed E-state index contributed by atoms with van der Waals surface area (Å²) < 4.78 is 5.45. The minimum absolute atomic E-state index is 0. The van der Waals surface area contributed by atoms with E-state index in [0.717, 1.165) is 38.5 Å². The van der Waals surface area contributed by atoms with Crippen LogP contribution in [-0.2, 0) is 6.54 Å². The third-order valence-electron chi connectivity index (χ3n) is 3.26. The topological polar surface area (TPSA) is 24.5 Å². The van der Waals surface area contributed by atoms with Gasteiger partial charge in [-0.3, -0.25) is 4.90 Å². The Labute approximate surface area is 116 Å². The molecule has 0 radical (unpaired) electrons. The molecule has 1 N–H and O–H groups in total. The Morgan fingerprint density at radius 1 is 1.33 bits per heavy atom. The van der Waals surface area contributed by atoms with Gasteiger partial charge in [0.25, 0.3) is 0 Å². The monoisotopic (exact) mass is 270 g/mol. The number of halogens is 1. The highest BCUT2D eigenvalue weighted by Gasteiger charge is 2.17. The normalized spacial score (nSPS) is 20.2. The van der Waals surface area contributed by atoms with Gasteiger partial charge in [0, 0.05) is 32.2 Å². The first-order valence-corrected chi connectivity index (χ1v) is 6.46. The van der Waals surface area contributed by atoms with Crippen LogP contribution in [0, 0.1) is 0 Å². The summed E-state index contributed by atoms with van der Waals surface area (Å²) in [5.41, 5.74) is 1.36. The molecule has 0 amide bonds. The van der Waals surface area contributed by atoms with E-state index in [1.165, 1.54) is 5.56 Å². The Bertz CT molecular complexity index is 342. The van der Waals surface area contributed by atoms with E-state index in [9.17, 15) is 0 Å². The second-order valence-corrected chi connectivity index (χ2v) is 4.60. The SMILES string of the molecule is CCOc1ccc(CN2CCNC[C@H]2C)cc1.Cl. The standard InChI is InChI=1S/C14H22N2O.ClH/c1-3-17-14-6-4-13(5-7-14)11-16-9-8-15-10-12(16)2;/h4-7,12,15H,3,8-11H2,1-2H3;1H/t12-;/m1./s1. The molecule has 1 aliphatic heterocycles. The van der Waals surface area contributed by atoms with Gasteiger partial charge in [-0.05, 0) is 31.5 Å². The number of nitrogens with zero attached hydrogens (tertiary/aromatic N) is 1. The maximum absolute atomic E-state index is 5.45. The van der Waals surface area contributed by atoms with Crippen LogP contribution in [0.15, 0.2) is 24.3 Å². The Morgan fingerprint density at radius 2 is 2.06 bits per heavy atom. The number of nitrogens with one attached hydrogen (secondary N) is 1. The highest BCUT2D eigenvalue weighted by Crippen LogP contribution is 2.15. The van der Waals surface area contributed by atoms with Crippen molar-refractivity contribution in [2.75, 3.05) is 26.2 Å². The summed E-state index contributed by atoms with van der Waals surface area (Å²) in [6.07, 6.45) is 0. The third-order valence-corrected chi connectivity index (χ3v) is 3.26. The van der Waals surface area contributed by atoms with Gasteiger partial charge in [0.15, 0.2) is 0 Å². The van der Waals surface area contributed by atoms with Gasteiger partial charge < -0.3 is 10.1 Å². The van der Waals surface area contributed by atoms with Crippen LogP contribution in [-0.4, -0.2) is 37.2 Å². The number of hydrogen-bond acceptors (Lipinski definition) is 3. The van der Waals surface area contributed by atoms with Crippen molar-refractivity contribution in [3.8, 4) is 5.75 Å². The zero-order chi connectivity index (χ0) is 12.1. The van der Waals surface area contributed by atoms with Crippen LogP contribution in [0.2, 0.25) is 0 Å². The van der Waals surface area contributed by atoms with Crippen LogP contribution in [0.25, 0.3) is 0 Å². The zero-order valence-electron chi connectivity index (χ0n) is 11.2. The van der Waals surface area contributed by atoms with Crippen LogP contribution < -0.4 is 10.1 Å². The molecule has 0 saturated carbocycles. The second kappa shape index (κ2) is 7.62. The minimum atomic E-state index is 0. The number of rotatable bonds is 4. The maximum Gasteiger partial charge on any atom is 0.119 e. The maximum atomic E-state index is 5.45. The lowest BCUT2D eigenvalue weighted by atomic mass is 10.1. The first-order chi connectivity index (χ1) is 8.29. The average Bonchev–Trinajstić information content (AvgIpc) is 2.35. The van der Waals surface area contributed by atoms with E-state index >= 15 is 0 Å². The number of benzene rings is 1. The van der Waals surface area contributed by atoms with Gasteiger partial charge in [0.1, 0.15) is 5.75 Å². The van der Waals surface area contributed by atoms with Crippen molar-refractivity contribution < 1.29 is 4.74 Å². The fraction of sp³-hybridized carbons (Fsp3) is 0.571. The quantitative estimate of drug-likeness (QED) is 0.909. The Hall–Kier alpha value is -0.770. The Morgan fingerprint density at radius 3 is 2.67 bits per heavy atom. The van der Waals surface area contributed by atoms with Gasteiger partial charge in [-0.15, -0.1) is 12.4 Å². The molecule has 1 aromatic carbocycles. The van der Waals surface area contributed by atoms with E-state index in [0.29, 0.717) is 6.04 Å². The molecule has 0 bridgehead atoms. The van der Waals surface area contributed by atoms with Crippen LogP contribution in [0.4, 0.5) is 0 Å². The predicted molar refractivity (Wildman–Crippen MR) is 77.6 cm³/mol. The average molecular weight is 271 g/mol. The van der Waals surface area contributed by atoms with Gasteiger partial charge in [0.2, 0.25) is 0 Å². The fourth-order valence-corrected chi connectivity index (χ4v) is 2.21. The highest BCUT2D eigenvalue weighted by atomic mass is 35.5. The second-order valence-electron chi connectivity index (χ2n) is 4.60. The molecule has 0 spiro atoms. The lowest BCUT2D eigenvalue weighted by Gasteiger charge is -2.33. The summed E-state index contributed by atoms with van der Waals surface area (Å²) >= 11 is 0. The molecule has 1 aliphatic rings. The molecule has 1 fully saturated rings. The summed E-state index contributed by atoms with van der Waals surface area (Å²) in [6, 6.07) is 9.08. The van der Waals surface area contributed by atoms with Crippen LogP contribution >= 0.6 is 12.4 Å². The Balaban J connectivity index is 0.00000162. The molecular weight excluding hydrogens is 248 g/mol. The largest absolute Gasteiger partial charge is 0.494 e. The molecule has 0 aromatic heterocycles. The van der Waals surface area contributed by atoms with Crippen molar-refractivity contribution in [1.82, 2.24) is 10.2 Å². The van der Waals surface area contributed by atoms with Gasteiger partial charge in [-0.2, -0.15) is 0 Å². The van der Waals surface area contributed by atoms with E-state index in [-0.39, 0.29) is 12.4 Å². The molecule has 2 rings (SSSR count). The zero-order valence-corrected chi connectivity index (χ0v) is 12.0. The molecule has 3 nitrogen and oxygen atoms in total. The van der Waals surface area contributed by atoms with Crippen LogP contribution in [0.1, 0.15) is 19.4 Å². The number of ether oxygens (including phenoxy) is 1. The molecule has 4 heteroatoms. The molecule has 0 aliphatic carbocycles. The van der Waals surface area contributed by atoms with Crippen molar-refractivity contribution >= 4 is 12.4 Å². The van der Waals surface area contributed by atoms with Crippen LogP contribution in [0.3, 0.4) is 0 Å². The summed E-state index contributed by atoms with van der Waals surface area (Å²) in [5, 5.41) is 3.41. The molecule has 0 unspecified atom stereocenters. The van der Waals surface area contributed by atoms with E-state index in [1.54, 1.807) is 0 Å². The summed E-state index contributed by atoms with van der Waals surface area (Å²) in [4.78, 5) is 2.52. The molecule has 1 aromatic rings. The van der Waals surface area contributed by atoms with Gasteiger partial charge >= 0.3 is 0 Å². The summed E-state index contributed by atoms with van der Waals surface area (Å²) in [6.45, 7) is 9.38. The van der Waals surface area contributed by atoms with Crippen molar-refractivity contribution in [2.24, 2.45) is 0 Å². The summed E-state index contributed by atoms with van der Waals surface area (Å²) in [7, 11) is 0. The van der Waals surface area contributed by atoms with Crippen molar-refractivity contribution in [2.45, 2.75) is 26.4 Å². The van der Waals surface area contributed by atoms with E-state index in [2.05, 4.69) is 41.4 Å². The van der Waals surface area contributed by atoms with Crippen molar-refractivity contribution in [3.63, 3.8) is 0 Å². The molecule has 1 heterocycles. The van der Waals surface area contributed by atoms with E-state index in [4.69, 9.17) is 4.74 Å². The number of piperazine rings is 1. The molecule has 102 valence electrons. The van der Waals surface area contributed by atoms with Crippen LogP contribution in [0.5, 0.6) is 5.75 Å². The lowest BCUT2D eigenvalue weighted by Crippen LogP contribution is -2.49. The lowest BCUT2D eigenvalue weighted by molar-refractivity contribution is 0.165. The fourth-order valence-electron chi connectivity index (χ4n) is 2.21. The molecular formula is C14H23ClN2O. The van der Waals surface area contributed by atoms with Crippen molar-refractivity contribution in [1.29, 1.82) is 0 Å². The van der Waals surface area contributed by atoms with Gasteiger partial charge in [0.05, 0.1) is 6.61 Å². The Kier molecular flexibility index (Phi) is 6.47. The third kappa shape index (κ3) is 4.16. The molecule has 1 atom stereocenters. The molecule has 18 heavy (non-hydrogen) atoms. The van der Waals surface area contributed by atoms with E-state index in [1.807, 2.05) is 6.92 Å². The predicted octanol–water partition coefficient (Wildman–Crippen LogP) is 2.30.